The van der Waals surface area contributed by atoms with E-state index in [2.05, 4.69) is 21.5 Å². The molecule has 0 amide bonds. The van der Waals surface area contributed by atoms with Crippen molar-refractivity contribution in [3.05, 3.63) is 18.0 Å². The number of rotatable bonds is 8. The van der Waals surface area contributed by atoms with Crippen LogP contribution in [0.5, 0.6) is 0 Å². The molecule has 2 aliphatic rings. The van der Waals surface area contributed by atoms with Gasteiger partial charge in [-0.25, -0.2) is 13.1 Å². The fraction of sp³-hybridized carbons (Fsp3) is 0.733. The predicted octanol–water partition coefficient (Wildman–Crippen LogP) is 2.01. The van der Waals surface area contributed by atoms with E-state index in [1.807, 2.05) is 13.1 Å². The Kier molecular flexibility index (Phi) is 3.88. The molecule has 0 spiro atoms. The van der Waals surface area contributed by atoms with Crippen molar-refractivity contribution in [3.63, 3.8) is 0 Å². The van der Waals surface area contributed by atoms with Crippen LogP contribution in [-0.2, 0) is 16.6 Å². The van der Waals surface area contributed by atoms with Crippen LogP contribution < -0.4 is 10.0 Å². The third-order valence-corrected chi connectivity index (χ3v) is 6.23. The van der Waals surface area contributed by atoms with Crippen molar-refractivity contribution >= 4 is 10.0 Å². The Morgan fingerprint density at radius 3 is 2.62 bits per heavy atom. The monoisotopic (exact) mass is 311 g/mol. The van der Waals surface area contributed by atoms with Crippen molar-refractivity contribution < 1.29 is 8.42 Å². The summed E-state index contributed by atoms with van der Waals surface area (Å²) in [4.78, 5) is 0.409. The Morgan fingerprint density at radius 2 is 2.10 bits per heavy atom. The first-order valence-corrected chi connectivity index (χ1v) is 9.33. The molecule has 1 heterocycles. The van der Waals surface area contributed by atoms with E-state index in [0.29, 0.717) is 24.0 Å². The van der Waals surface area contributed by atoms with Crippen molar-refractivity contribution in [2.24, 2.45) is 5.41 Å². The quantitative estimate of drug-likeness (QED) is 0.772. The van der Waals surface area contributed by atoms with E-state index in [1.54, 1.807) is 6.20 Å². The summed E-state index contributed by atoms with van der Waals surface area (Å²) in [5.74, 6) is 0. The number of sulfonamides is 1. The zero-order valence-corrected chi connectivity index (χ0v) is 13.7. The molecule has 2 saturated carbocycles. The van der Waals surface area contributed by atoms with E-state index in [1.165, 1.54) is 0 Å². The van der Waals surface area contributed by atoms with Crippen molar-refractivity contribution in [1.29, 1.82) is 0 Å². The summed E-state index contributed by atoms with van der Waals surface area (Å²) in [6.45, 7) is 3.41. The fourth-order valence-corrected chi connectivity index (χ4v) is 4.03. The van der Waals surface area contributed by atoms with Crippen molar-refractivity contribution in [1.82, 2.24) is 14.6 Å². The van der Waals surface area contributed by atoms with Gasteiger partial charge in [-0.2, -0.15) is 0 Å². The van der Waals surface area contributed by atoms with Gasteiger partial charge in [0.2, 0.25) is 10.0 Å². The van der Waals surface area contributed by atoms with Crippen LogP contribution in [0.4, 0.5) is 0 Å². The normalized spacial score (nSPS) is 20.7. The van der Waals surface area contributed by atoms with Crippen LogP contribution in [0.15, 0.2) is 17.2 Å². The van der Waals surface area contributed by atoms with Crippen molar-refractivity contribution in [2.45, 2.75) is 56.5 Å². The average Bonchev–Trinajstić information content (AvgIpc) is 3.38. The molecule has 0 atom stereocenters. The van der Waals surface area contributed by atoms with Crippen LogP contribution in [-0.4, -0.2) is 26.6 Å². The first-order chi connectivity index (χ1) is 10.00. The lowest BCUT2D eigenvalue weighted by Crippen LogP contribution is -2.29. The maximum atomic E-state index is 12.5. The molecular formula is C15H25N3O2S. The van der Waals surface area contributed by atoms with Crippen LogP contribution >= 0.6 is 0 Å². The molecule has 1 aromatic rings. The van der Waals surface area contributed by atoms with Crippen LogP contribution in [0.1, 0.15) is 50.8 Å². The van der Waals surface area contributed by atoms with Gasteiger partial charge in [-0.3, -0.25) is 0 Å². The third kappa shape index (κ3) is 3.17. The van der Waals surface area contributed by atoms with Crippen LogP contribution in [0.2, 0.25) is 0 Å². The average molecular weight is 311 g/mol. The molecule has 0 saturated heterocycles. The lowest BCUT2D eigenvalue weighted by Gasteiger charge is -2.13. The standard InChI is InChI=1S/C15H25N3O2S/c1-3-15(6-7-15)11-17-21(19,20)14-8-13(9-16-2)18(10-14)12-4-5-12/h8,10,12,16-17H,3-7,9,11H2,1-2H3. The molecule has 5 nitrogen and oxygen atoms in total. The summed E-state index contributed by atoms with van der Waals surface area (Å²) in [6, 6.07) is 2.30. The van der Waals surface area contributed by atoms with Gasteiger partial charge >= 0.3 is 0 Å². The van der Waals surface area contributed by atoms with Crippen LogP contribution in [0.25, 0.3) is 0 Å². The molecule has 21 heavy (non-hydrogen) atoms. The van der Waals surface area contributed by atoms with E-state index in [0.717, 1.165) is 37.8 Å². The summed E-state index contributed by atoms with van der Waals surface area (Å²) < 4.78 is 29.9. The van der Waals surface area contributed by atoms with E-state index in [9.17, 15) is 8.42 Å². The minimum atomic E-state index is -3.39. The van der Waals surface area contributed by atoms with Crippen LogP contribution in [0, 0.1) is 5.41 Å². The van der Waals surface area contributed by atoms with Crippen molar-refractivity contribution in [2.75, 3.05) is 13.6 Å². The first-order valence-electron chi connectivity index (χ1n) is 7.85. The minimum absolute atomic E-state index is 0.222. The van der Waals surface area contributed by atoms with Gasteiger partial charge in [0, 0.05) is 31.0 Å². The van der Waals surface area contributed by atoms with Gasteiger partial charge in [-0.15, -0.1) is 0 Å². The third-order valence-electron chi connectivity index (χ3n) is 4.86. The summed E-state index contributed by atoms with van der Waals surface area (Å²) in [5, 5.41) is 3.11. The summed E-state index contributed by atoms with van der Waals surface area (Å²) in [5.41, 5.74) is 1.27. The maximum absolute atomic E-state index is 12.5. The predicted molar refractivity (Wildman–Crippen MR) is 82.6 cm³/mol. The number of hydrogen-bond donors (Lipinski definition) is 2. The molecule has 0 unspecified atom stereocenters. The topological polar surface area (TPSA) is 63.1 Å². The number of nitrogens with zero attached hydrogens (tertiary/aromatic N) is 1. The van der Waals surface area contributed by atoms with Crippen LogP contribution in [0.3, 0.4) is 0 Å². The van der Waals surface area contributed by atoms with E-state index >= 15 is 0 Å². The second-order valence-corrected chi connectivity index (χ2v) is 8.28. The first kappa shape index (κ1) is 15.1. The molecule has 0 bridgehead atoms. The summed E-state index contributed by atoms with van der Waals surface area (Å²) in [6.07, 6.45) is 7.43. The number of aromatic nitrogens is 1. The molecule has 0 aliphatic heterocycles. The Balaban J connectivity index is 1.76. The molecule has 3 rings (SSSR count). The fourth-order valence-electron chi connectivity index (χ4n) is 2.82. The molecule has 2 aliphatic carbocycles. The zero-order valence-electron chi connectivity index (χ0n) is 12.9. The van der Waals surface area contributed by atoms with Gasteiger partial charge in [-0.1, -0.05) is 6.92 Å². The molecule has 0 aromatic carbocycles. The molecule has 6 heteroatoms. The van der Waals surface area contributed by atoms with Gasteiger partial charge in [0.05, 0.1) is 4.90 Å². The van der Waals surface area contributed by atoms with Gasteiger partial charge in [-0.05, 0) is 50.6 Å². The highest BCUT2D eigenvalue weighted by atomic mass is 32.2. The molecule has 1 aromatic heterocycles. The highest BCUT2D eigenvalue weighted by Crippen LogP contribution is 2.48. The highest BCUT2D eigenvalue weighted by Gasteiger charge is 2.41. The minimum Gasteiger partial charge on any atom is -0.346 e. The molecule has 0 radical (unpaired) electrons. The highest BCUT2D eigenvalue weighted by molar-refractivity contribution is 7.89. The zero-order chi connectivity index (χ0) is 15.1. The van der Waals surface area contributed by atoms with Gasteiger partial charge < -0.3 is 9.88 Å². The second-order valence-electron chi connectivity index (χ2n) is 6.51. The van der Waals surface area contributed by atoms with E-state index in [4.69, 9.17) is 0 Å². The SMILES string of the molecule is CCC1(CNS(=O)(=O)c2cc(CNC)n(C3CC3)c2)CC1. The lowest BCUT2D eigenvalue weighted by atomic mass is 10.1. The number of nitrogens with one attached hydrogen (secondary N) is 2. The number of hydrogen-bond acceptors (Lipinski definition) is 3. The molecule has 118 valence electrons. The van der Waals surface area contributed by atoms with Gasteiger partial charge in [0.25, 0.3) is 0 Å². The Labute approximate surface area is 127 Å². The molecule has 2 fully saturated rings. The van der Waals surface area contributed by atoms with E-state index in [-0.39, 0.29) is 5.41 Å². The summed E-state index contributed by atoms with van der Waals surface area (Å²) >= 11 is 0. The Morgan fingerprint density at radius 1 is 1.38 bits per heavy atom. The van der Waals surface area contributed by atoms with Crippen molar-refractivity contribution in [3.8, 4) is 0 Å². The van der Waals surface area contributed by atoms with Gasteiger partial charge in [0.1, 0.15) is 0 Å². The largest absolute Gasteiger partial charge is 0.346 e. The summed E-state index contributed by atoms with van der Waals surface area (Å²) in [7, 11) is -1.50. The Bertz CT molecular complexity index is 613. The van der Waals surface area contributed by atoms with E-state index < -0.39 is 10.0 Å². The smallest absolute Gasteiger partial charge is 0.242 e. The molecule has 2 N–H and O–H groups in total. The lowest BCUT2D eigenvalue weighted by molar-refractivity contribution is 0.475. The molecular weight excluding hydrogens is 286 g/mol. The maximum Gasteiger partial charge on any atom is 0.242 e. The second kappa shape index (κ2) is 5.41. The van der Waals surface area contributed by atoms with Gasteiger partial charge in [0.15, 0.2) is 0 Å². The Hall–Kier alpha value is -0.850.